The van der Waals surface area contributed by atoms with E-state index < -0.39 is 11.4 Å². The number of rotatable bonds is 2. The zero-order chi connectivity index (χ0) is 7.07. The molecule has 3 heteroatoms. The maximum atomic E-state index is 10.3. The van der Waals surface area contributed by atoms with Gasteiger partial charge in [-0.25, -0.2) is 0 Å². The summed E-state index contributed by atoms with van der Waals surface area (Å²) in [4.78, 5) is 20.5. The second kappa shape index (κ2) is 1.56. The Kier molecular flexibility index (Phi) is 1.08. The molecule has 1 aliphatic rings. The van der Waals surface area contributed by atoms with Crippen molar-refractivity contribution in [1.29, 1.82) is 0 Å². The zero-order valence-electron chi connectivity index (χ0n) is 5.13. The van der Waals surface area contributed by atoms with Crippen LogP contribution in [0.15, 0.2) is 0 Å². The first-order valence-corrected chi connectivity index (χ1v) is 2.83. The lowest BCUT2D eigenvalue weighted by molar-refractivity contribution is -0.145. The van der Waals surface area contributed by atoms with Gasteiger partial charge in [-0.15, -0.1) is 0 Å². The van der Waals surface area contributed by atoms with Crippen LogP contribution in [0.4, 0.5) is 0 Å². The van der Waals surface area contributed by atoms with Crippen LogP contribution in [-0.2, 0) is 9.59 Å². The van der Waals surface area contributed by atoms with Crippen LogP contribution in [0.1, 0.15) is 13.3 Å². The average molecular weight is 128 g/mol. The summed E-state index contributed by atoms with van der Waals surface area (Å²) in [6, 6.07) is 0. The number of hydrogen-bond acceptors (Lipinski definition) is 2. The maximum Gasteiger partial charge on any atom is 0.317 e. The van der Waals surface area contributed by atoms with Gasteiger partial charge in [0.15, 0.2) is 0 Å². The second-order valence-corrected chi connectivity index (χ2v) is 2.57. The van der Waals surface area contributed by atoms with Crippen molar-refractivity contribution in [3.8, 4) is 0 Å². The molecule has 0 radical (unpaired) electrons. The molecule has 1 fully saturated rings. The fourth-order valence-corrected chi connectivity index (χ4v) is 0.960. The molecule has 0 aromatic heterocycles. The molecule has 0 spiro atoms. The predicted octanol–water partition coefficient (Wildman–Crippen LogP) is 0.296. The van der Waals surface area contributed by atoms with Crippen molar-refractivity contribution in [2.45, 2.75) is 13.3 Å². The van der Waals surface area contributed by atoms with Crippen LogP contribution in [-0.4, -0.2) is 17.4 Å². The van der Waals surface area contributed by atoms with E-state index in [0.717, 1.165) is 0 Å². The van der Waals surface area contributed by atoms with Crippen LogP contribution < -0.4 is 0 Å². The Morgan fingerprint density at radius 1 is 1.89 bits per heavy atom. The van der Waals surface area contributed by atoms with Crippen LogP contribution >= 0.6 is 0 Å². The molecule has 9 heavy (non-hydrogen) atoms. The van der Waals surface area contributed by atoms with Gasteiger partial charge < -0.3 is 9.90 Å². The standard InChI is InChI=1S/C6H8O3/c1-4-2-6(4,3-7)5(8)9/h3-4H,2H2,1H3,(H,8,9)/t4-,6-/m1/s1. The molecule has 0 aromatic rings. The topological polar surface area (TPSA) is 54.4 Å². The Hall–Kier alpha value is -0.860. The van der Waals surface area contributed by atoms with E-state index in [0.29, 0.717) is 12.7 Å². The molecule has 0 aliphatic heterocycles. The fourth-order valence-electron chi connectivity index (χ4n) is 0.960. The smallest absolute Gasteiger partial charge is 0.317 e. The molecule has 0 amide bonds. The van der Waals surface area contributed by atoms with E-state index in [1.165, 1.54) is 0 Å². The first-order chi connectivity index (χ1) is 4.13. The normalized spacial score (nSPS) is 39.9. The summed E-state index contributed by atoms with van der Waals surface area (Å²) in [5.74, 6) is -0.947. The number of carbonyl (C=O) groups is 2. The highest BCUT2D eigenvalue weighted by Crippen LogP contribution is 2.50. The van der Waals surface area contributed by atoms with Crippen LogP contribution in [0.2, 0.25) is 0 Å². The lowest BCUT2D eigenvalue weighted by atomic mass is 10.1. The molecule has 0 unspecified atom stereocenters. The molecular formula is C6H8O3. The van der Waals surface area contributed by atoms with E-state index >= 15 is 0 Å². The Bertz CT molecular complexity index is 164. The Morgan fingerprint density at radius 2 is 2.33 bits per heavy atom. The number of carboxylic acids is 1. The highest BCUT2D eigenvalue weighted by atomic mass is 16.4. The number of hydrogen-bond donors (Lipinski definition) is 1. The van der Waals surface area contributed by atoms with Crippen LogP contribution in [0, 0.1) is 11.3 Å². The zero-order valence-corrected chi connectivity index (χ0v) is 5.13. The number of carbonyl (C=O) groups excluding carboxylic acids is 1. The molecule has 1 aliphatic carbocycles. The third-order valence-electron chi connectivity index (χ3n) is 1.97. The molecule has 1 rings (SSSR count). The van der Waals surface area contributed by atoms with Crippen LogP contribution in [0.5, 0.6) is 0 Å². The van der Waals surface area contributed by atoms with Crippen molar-refractivity contribution in [1.82, 2.24) is 0 Å². The molecule has 0 aromatic carbocycles. The quantitative estimate of drug-likeness (QED) is 0.429. The van der Waals surface area contributed by atoms with E-state index in [4.69, 9.17) is 5.11 Å². The molecule has 1 saturated carbocycles. The number of aldehydes is 1. The van der Waals surface area contributed by atoms with E-state index in [9.17, 15) is 9.59 Å². The van der Waals surface area contributed by atoms with Gasteiger partial charge in [0.2, 0.25) is 0 Å². The third kappa shape index (κ3) is 0.642. The summed E-state index contributed by atoms with van der Waals surface area (Å²) >= 11 is 0. The minimum absolute atomic E-state index is 0.0347. The van der Waals surface area contributed by atoms with Gasteiger partial charge in [0.25, 0.3) is 0 Å². The highest BCUT2D eigenvalue weighted by Gasteiger charge is 2.58. The lowest BCUT2D eigenvalue weighted by Gasteiger charge is -1.96. The third-order valence-corrected chi connectivity index (χ3v) is 1.97. The van der Waals surface area contributed by atoms with Crippen LogP contribution in [0.25, 0.3) is 0 Å². The first kappa shape index (κ1) is 6.26. The molecule has 0 bridgehead atoms. The highest BCUT2D eigenvalue weighted by molar-refractivity contribution is 5.95. The molecular weight excluding hydrogens is 120 g/mol. The van der Waals surface area contributed by atoms with Gasteiger partial charge in [-0.2, -0.15) is 0 Å². The van der Waals surface area contributed by atoms with Crippen molar-refractivity contribution < 1.29 is 14.7 Å². The van der Waals surface area contributed by atoms with Gasteiger partial charge in [-0.05, 0) is 12.3 Å². The largest absolute Gasteiger partial charge is 0.480 e. The SMILES string of the molecule is C[C@@H]1C[C@]1(C=O)C(=O)O. The Labute approximate surface area is 52.7 Å². The van der Waals surface area contributed by atoms with E-state index in [-0.39, 0.29) is 5.92 Å². The lowest BCUT2D eigenvalue weighted by Crippen LogP contribution is -2.17. The minimum Gasteiger partial charge on any atom is -0.480 e. The summed E-state index contributed by atoms with van der Waals surface area (Å²) in [6.45, 7) is 1.77. The monoisotopic (exact) mass is 128 g/mol. The summed E-state index contributed by atoms with van der Waals surface area (Å²) in [6.07, 6.45) is 1.05. The summed E-state index contributed by atoms with van der Waals surface area (Å²) in [5.41, 5.74) is -1.01. The van der Waals surface area contributed by atoms with E-state index in [1.807, 2.05) is 0 Å². The van der Waals surface area contributed by atoms with Crippen molar-refractivity contribution in [2.24, 2.45) is 11.3 Å². The maximum absolute atomic E-state index is 10.3. The molecule has 3 nitrogen and oxygen atoms in total. The molecule has 50 valence electrons. The molecule has 1 N–H and O–H groups in total. The second-order valence-electron chi connectivity index (χ2n) is 2.57. The summed E-state index contributed by atoms with van der Waals surface area (Å²) in [7, 11) is 0. The van der Waals surface area contributed by atoms with Gasteiger partial charge in [0.1, 0.15) is 11.7 Å². The minimum atomic E-state index is -1.01. The number of aliphatic carboxylic acids is 1. The van der Waals surface area contributed by atoms with Crippen molar-refractivity contribution in [2.75, 3.05) is 0 Å². The van der Waals surface area contributed by atoms with Crippen molar-refractivity contribution in [3.05, 3.63) is 0 Å². The fraction of sp³-hybridized carbons (Fsp3) is 0.667. The first-order valence-electron chi connectivity index (χ1n) is 2.83. The summed E-state index contributed by atoms with van der Waals surface area (Å²) < 4.78 is 0. The summed E-state index contributed by atoms with van der Waals surface area (Å²) in [5, 5.41) is 8.44. The van der Waals surface area contributed by atoms with Gasteiger partial charge in [-0.3, -0.25) is 4.79 Å². The van der Waals surface area contributed by atoms with E-state index in [1.54, 1.807) is 6.92 Å². The van der Waals surface area contributed by atoms with Crippen LogP contribution in [0.3, 0.4) is 0 Å². The molecule has 2 atom stereocenters. The van der Waals surface area contributed by atoms with Gasteiger partial charge >= 0.3 is 5.97 Å². The Morgan fingerprint density at radius 3 is 2.33 bits per heavy atom. The molecule has 0 heterocycles. The Balaban J connectivity index is 2.73. The molecule has 0 saturated heterocycles. The van der Waals surface area contributed by atoms with Gasteiger partial charge in [-0.1, -0.05) is 6.92 Å². The number of carboxylic acid groups (broad SMARTS) is 1. The van der Waals surface area contributed by atoms with Gasteiger partial charge in [0, 0.05) is 0 Å². The van der Waals surface area contributed by atoms with Gasteiger partial charge in [0.05, 0.1) is 0 Å². The van der Waals surface area contributed by atoms with E-state index in [2.05, 4.69) is 0 Å². The predicted molar refractivity (Wildman–Crippen MR) is 29.9 cm³/mol. The van der Waals surface area contributed by atoms with Crippen molar-refractivity contribution >= 4 is 12.3 Å². The average Bonchev–Trinajstić information content (AvgIpc) is 2.43. The van der Waals surface area contributed by atoms with Crippen molar-refractivity contribution in [3.63, 3.8) is 0 Å².